The zero-order chi connectivity index (χ0) is 21.7. The number of alkyl halides is 3. The fraction of sp³-hybridized carbons (Fsp3) is 0.222. The summed E-state index contributed by atoms with van der Waals surface area (Å²) in [6.45, 7) is -0.700. The lowest BCUT2D eigenvalue weighted by molar-refractivity contribution is -0.140. The summed E-state index contributed by atoms with van der Waals surface area (Å²) in [5.41, 5.74) is 0.992. The summed E-state index contributed by atoms with van der Waals surface area (Å²) in [5, 5.41) is 1.55. The Morgan fingerprint density at radius 3 is 2.41 bits per heavy atom. The molecule has 0 saturated carbocycles. The molecule has 0 aromatic heterocycles. The van der Waals surface area contributed by atoms with Crippen LogP contribution in [0.5, 0.6) is 0 Å². The zero-order valence-corrected chi connectivity index (χ0v) is 15.9. The molecular weight excluding hydrogens is 413 g/mol. The molecule has 11 heteroatoms. The Hall–Kier alpha value is -3.08. The highest BCUT2D eigenvalue weighted by molar-refractivity contribution is 7.92. The van der Waals surface area contributed by atoms with Gasteiger partial charge in [-0.05, 0) is 42.8 Å². The third kappa shape index (κ3) is 7.11. The molecule has 2 aromatic rings. The van der Waals surface area contributed by atoms with Crippen molar-refractivity contribution in [3.63, 3.8) is 0 Å². The molecule has 0 radical (unpaired) electrons. The minimum atomic E-state index is -4.59. The van der Waals surface area contributed by atoms with Crippen LogP contribution in [0.3, 0.4) is 0 Å². The molecule has 2 rings (SSSR count). The number of carbonyl (C=O) groups is 2. The Labute approximate surface area is 164 Å². The number of hydrogen-bond donors (Lipinski definition) is 2. The van der Waals surface area contributed by atoms with Crippen LogP contribution in [0.1, 0.15) is 15.9 Å². The molecule has 0 aliphatic heterocycles. The summed E-state index contributed by atoms with van der Waals surface area (Å²) >= 11 is 0. The van der Waals surface area contributed by atoms with Crippen molar-refractivity contribution in [3.8, 4) is 0 Å². The molecule has 0 bridgehead atoms. The van der Waals surface area contributed by atoms with Gasteiger partial charge in [-0.2, -0.15) is 13.2 Å². The lowest BCUT2D eigenvalue weighted by Crippen LogP contribution is -2.36. The number of benzene rings is 2. The molecule has 0 heterocycles. The number of esters is 1. The molecule has 1 amide bonds. The summed E-state index contributed by atoms with van der Waals surface area (Å²) in [5.74, 6) is -2.19. The number of carbonyl (C=O) groups excluding carboxylic acids is 2. The van der Waals surface area contributed by atoms with Crippen LogP contribution >= 0.6 is 0 Å². The van der Waals surface area contributed by atoms with E-state index in [4.69, 9.17) is 0 Å². The number of anilines is 1. The molecule has 0 fully saturated rings. The topological polar surface area (TPSA) is 102 Å². The lowest BCUT2D eigenvalue weighted by Gasteiger charge is -2.11. The zero-order valence-electron chi connectivity index (χ0n) is 15.1. The Morgan fingerprint density at radius 1 is 1.07 bits per heavy atom. The number of amides is 1. The van der Waals surface area contributed by atoms with Gasteiger partial charge in [0.25, 0.3) is 15.9 Å². The van der Waals surface area contributed by atoms with Gasteiger partial charge in [-0.1, -0.05) is 18.2 Å². The average molecular weight is 430 g/mol. The van der Waals surface area contributed by atoms with Crippen LogP contribution in [0.15, 0.2) is 53.4 Å². The standard InChI is InChI=1S/C18H17F3N2O5S/c1-12-4-2-6-14(8-12)23-29(26,27)15-7-3-5-13(9-15)17(25)28-10-16(24)22-11-18(19,20)21/h2-9,23H,10-11H2,1H3,(H,22,24). The highest BCUT2D eigenvalue weighted by atomic mass is 32.2. The minimum absolute atomic E-state index is 0.180. The van der Waals surface area contributed by atoms with Crippen LogP contribution in [0.25, 0.3) is 0 Å². The first-order valence-electron chi connectivity index (χ1n) is 8.16. The van der Waals surface area contributed by atoms with Crippen molar-refractivity contribution in [2.45, 2.75) is 18.0 Å². The van der Waals surface area contributed by atoms with Gasteiger partial charge in [0.15, 0.2) is 6.61 Å². The van der Waals surface area contributed by atoms with Crippen molar-refractivity contribution in [3.05, 3.63) is 59.7 Å². The van der Waals surface area contributed by atoms with E-state index >= 15 is 0 Å². The summed E-state index contributed by atoms with van der Waals surface area (Å²) in [4.78, 5) is 23.1. The smallest absolute Gasteiger partial charge is 0.405 e. The van der Waals surface area contributed by atoms with Crippen molar-refractivity contribution in [1.29, 1.82) is 0 Å². The average Bonchev–Trinajstić information content (AvgIpc) is 2.63. The molecule has 2 N–H and O–H groups in total. The predicted octanol–water partition coefficient (Wildman–Crippen LogP) is 2.63. The maximum Gasteiger partial charge on any atom is 0.405 e. The van der Waals surface area contributed by atoms with Crippen LogP contribution < -0.4 is 10.0 Å². The second kappa shape index (κ2) is 8.95. The minimum Gasteiger partial charge on any atom is -0.452 e. The van der Waals surface area contributed by atoms with E-state index in [1.807, 2.05) is 0 Å². The Kier molecular flexibility index (Phi) is 6.85. The highest BCUT2D eigenvalue weighted by Crippen LogP contribution is 2.18. The van der Waals surface area contributed by atoms with Gasteiger partial charge in [0.1, 0.15) is 6.54 Å². The van der Waals surface area contributed by atoms with Crippen LogP contribution in [0.2, 0.25) is 0 Å². The molecule has 0 aliphatic rings. The predicted molar refractivity (Wildman–Crippen MR) is 97.8 cm³/mol. The van der Waals surface area contributed by atoms with Crippen molar-refractivity contribution >= 4 is 27.6 Å². The third-order valence-corrected chi connectivity index (χ3v) is 4.85. The first kappa shape index (κ1) is 22.2. The number of ether oxygens (including phenoxy) is 1. The Bertz CT molecular complexity index is 1010. The maximum absolute atomic E-state index is 12.5. The Balaban J connectivity index is 2.04. The summed E-state index contributed by atoms with van der Waals surface area (Å²) in [7, 11) is -4.00. The molecule has 29 heavy (non-hydrogen) atoms. The van der Waals surface area contributed by atoms with Crippen LogP contribution in [-0.4, -0.2) is 39.6 Å². The second-order valence-electron chi connectivity index (χ2n) is 5.97. The first-order valence-corrected chi connectivity index (χ1v) is 9.65. The van der Waals surface area contributed by atoms with E-state index in [2.05, 4.69) is 9.46 Å². The summed E-state index contributed by atoms with van der Waals surface area (Å²) < 4.78 is 68.1. The van der Waals surface area contributed by atoms with E-state index in [1.54, 1.807) is 36.5 Å². The van der Waals surface area contributed by atoms with E-state index in [0.29, 0.717) is 5.69 Å². The number of halogens is 3. The molecule has 0 spiro atoms. The molecular formula is C18H17F3N2O5S. The lowest BCUT2D eigenvalue weighted by atomic mass is 10.2. The molecule has 0 aliphatic carbocycles. The van der Waals surface area contributed by atoms with Crippen LogP contribution in [0.4, 0.5) is 18.9 Å². The molecule has 2 aromatic carbocycles. The normalized spacial score (nSPS) is 11.6. The maximum atomic E-state index is 12.5. The molecule has 0 unspecified atom stereocenters. The van der Waals surface area contributed by atoms with E-state index in [1.165, 1.54) is 18.2 Å². The quantitative estimate of drug-likeness (QED) is 0.658. The third-order valence-electron chi connectivity index (χ3n) is 3.47. The van der Waals surface area contributed by atoms with Crippen molar-refractivity contribution in [2.24, 2.45) is 0 Å². The molecule has 0 saturated heterocycles. The van der Waals surface area contributed by atoms with Crippen LogP contribution in [0, 0.1) is 6.92 Å². The molecule has 156 valence electrons. The SMILES string of the molecule is Cc1cccc(NS(=O)(=O)c2cccc(C(=O)OCC(=O)NCC(F)(F)F)c2)c1. The van der Waals surface area contributed by atoms with Crippen molar-refractivity contribution in [1.82, 2.24) is 5.32 Å². The van der Waals surface area contributed by atoms with E-state index in [9.17, 15) is 31.2 Å². The fourth-order valence-electron chi connectivity index (χ4n) is 2.18. The van der Waals surface area contributed by atoms with Gasteiger partial charge in [-0.25, -0.2) is 13.2 Å². The van der Waals surface area contributed by atoms with Crippen molar-refractivity contribution < 1.29 is 35.9 Å². The van der Waals surface area contributed by atoms with E-state index in [-0.39, 0.29) is 10.5 Å². The highest BCUT2D eigenvalue weighted by Gasteiger charge is 2.28. The number of aryl methyl sites for hydroxylation is 1. The van der Waals surface area contributed by atoms with Gasteiger partial charge in [-0.15, -0.1) is 0 Å². The second-order valence-corrected chi connectivity index (χ2v) is 7.65. The van der Waals surface area contributed by atoms with Crippen molar-refractivity contribution in [2.75, 3.05) is 17.9 Å². The number of nitrogens with one attached hydrogen (secondary N) is 2. The summed E-state index contributed by atoms with van der Waals surface area (Å²) in [6.07, 6.45) is -4.59. The van der Waals surface area contributed by atoms with Gasteiger partial charge < -0.3 is 10.1 Å². The summed E-state index contributed by atoms with van der Waals surface area (Å²) in [6, 6.07) is 11.5. The number of rotatable bonds is 7. The van der Waals surface area contributed by atoms with Gasteiger partial charge in [0.05, 0.1) is 10.5 Å². The number of hydrogen-bond acceptors (Lipinski definition) is 5. The number of sulfonamides is 1. The monoisotopic (exact) mass is 430 g/mol. The van der Waals surface area contributed by atoms with Crippen LogP contribution in [-0.2, 0) is 19.6 Å². The molecule has 7 nitrogen and oxygen atoms in total. The van der Waals surface area contributed by atoms with E-state index in [0.717, 1.165) is 11.6 Å². The van der Waals surface area contributed by atoms with Gasteiger partial charge in [-0.3, -0.25) is 9.52 Å². The Morgan fingerprint density at radius 2 is 1.76 bits per heavy atom. The first-order chi connectivity index (χ1) is 13.5. The molecule has 0 atom stereocenters. The van der Waals surface area contributed by atoms with Gasteiger partial charge >= 0.3 is 12.1 Å². The fourth-order valence-corrected chi connectivity index (χ4v) is 3.27. The largest absolute Gasteiger partial charge is 0.452 e. The van der Waals surface area contributed by atoms with Gasteiger partial charge in [0, 0.05) is 5.69 Å². The van der Waals surface area contributed by atoms with E-state index < -0.39 is 41.2 Å². The van der Waals surface area contributed by atoms with Gasteiger partial charge in [0.2, 0.25) is 0 Å².